The van der Waals surface area contributed by atoms with Crippen molar-refractivity contribution in [2.24, 2.45) is 0 Å². The van der Waals surface area contributed by atoms with Gasteiger partial charge in [0.1, 0.15) is 6.04 Å². The molecular weight excluding hydrogens is 394 g/mol. The molecule has 3 amide bonds. The third kappa shape index (κ3) is 2.77. The summed E-state index contributed by atoms with van der Waals surface area (Å²) in [6, 6.07) is 14.8. The fraction of sp³-hybridized carbons (Fsp3) is 0.143. The Bertz CT molecular complexity index is 1230. The number of thiophene rings is 1. The molecule has 1 atom stereocenters. The molecule has 7 heteroatoms. The molecule has 2 N–H and O–H groups in total. The number of amides is 3. The predicted molar refractivity (Wildman–Crippen MR) is 112 cm³/mol. The Labute approximate surface area is 169 Å². The first-order valence-electron chi connectivity index (χ1n) is 8.94. The molecule has 0 spiro atoms. The predicted octanol–water partition coefficient (Wildman–Crippen LogP) is 4.70. The zero-order chi connectivity index (χ0) is 19.3. The number of para-hydroxylation sites is 1. The van der Waals surface area contributed by atoms with E-state index >= 15 is 0 Å². The van der Waals surface area contributed by atoms with Crippen LogP contribution >= 0.6 is 22.9 Å². The van der Waals surface area contributed by atoms with E-state index in [0.717, 1.165) is 31.4 Å². The highest BCUT2D eigenvalue weighted by atomic mass is 35.5. The number of carbonyl (C=O) groups is 2. The Hall–Kier alpha value is -2.83. The van der Waals surface area contributed by atoms with Crippen LogP contribution in [0.15, 0.2) is 54.7 Å². The van der Waals surface area contributed by atoms with Crippen LogP contribution < -0.4 is 5.32 Å². The van der Waals surface area contributed by atoms with Gasteiger partial charge in [0.2, 0.25) is 0 Å². The molecule has 1 fully saturated rings. The lowest BCUT2D eigenvalue weighted by molar-refractivity contribution is -0.127. The number of aromatic amines is 1. The van der Waals surface area contributed by atoms with Crippen LogP contribution in [0.2, 0.25) is 5.02 Å². The van der Waals surface area contributed by atoms with E-state index in [0.29, 0.717) is 11.4 Å². The first-order valence-corrected chi connectivity index (χ1v) is 10.1. The van der Waals surface area contributed by atoms with E-state index in [1.165, 1.54) is 16.2 Å². The molecule has 0 aliphatic carbocycles. The number of rotatable bonds is 4. The summed E-state index contributed by atoms with van der Waals surface area (Å²) < 4.78 is 1.05. The third-order valence-corrected chi connectivity index (χ3v) is 6.81. The summed E-state index contributed by atoms with van der Waals surface area (Å²) in [4.78, 5) is 30.7. The molecule has 1 aliphatic heterocycles. The van der Waals surface area contributed by atoms with Gasteiger partial charge >= 0.3 is 6.03 Å². The van der Waals surface area contributed by atoms with Gasteiger partial charge in [-0.15, -0.1) is 11.3 Å². The molecule has 0 unspecified atom stereocenters. The number of benzene rings is 2. The van der Waals surface area contributed by atoms with E-state index in [1.807, 2.05) is 54.7 Å². The van der Waals surface area contributed by atoms with Crippen LogP contribution in [-0.2, 0) is 17.8 Å². The van der Waals surface area contributed by atoms with Gasteiger partial charge < -0.3 is 10.3 Å². The lowest BCUT2D eigenvalue weighted by Crippen LogP contribution is -2.32. The van der Waals surface area contributed by atoms with Crippen LogP contribution in [0, 0.1) is 0 Å². The number of hydrogen-bond donors (Lipinski definition) is 2. The molecule has 0 bridgehead atoms. The minimum Gasteiger partial charge on any atom is -0.361 e. The number of fused-ring (bicyclic) bond motifs is 2. The summed E-state index contributed by atoms with van der Waals surface area (Å²) in [6.45, 7) is 0.188. The van der Waals surface area contributed by atoms with Crippen molar-refractivity contribution >= 4 is 55.9 Å². The van der Waals surface area contributed by atoms with Crippen LogP contribution in [-0.4, -0.2) is 27.9 Å². The van der Waals surface area contributed by atoms with Gasteiger partial charge in [-0.3, -0.25) is 9.69 Å². The third-order valence-electron chi connectivity index (χ3n) is 5.11. The number of urea groups is 1. The Kier molecular flexibility index (Phi) is 4.10. The molecule has 0 radical (unpaired) electrons. The topological polar surface area (TPSA) is 65.2 Å². The molecule has 5 rings (SSSR count). The summed E-state index contributed by atoms with van der Waals surface area (Å²) in [5.41, 5.74) is 2.03. The highest BCUT2D eigenvalue weighted by molar-refractivity contribution is 7.19. The maximum atomic E-state index is 12.9. The van der Waals surface area contributed by atoms with Gasteiger partial charge in [-0.2, -0.15) is 0 Å². The second kappa shape index (κ2) is 6.65. The molecular formula is C21H16ClN3O2S. The van der Waals surface area contributed by atoms with Gasteiger partial charge in [-0.25, -0.2) is 4.79 Å². The number of nitrogens with zero attached hydrogens (tertiary/aromatic N) is 1. The first kappa shape index (κ1) is 17.3. The highest BCUT2D eigenvalue weighted by Crippen LogP contribution is 2.36. The molecule has 2 aromatic heterocycles. The van der Waals surface area contributed by atoms with Gasteiger partial charge in [0.25, 0.3) is 5.91 Å². The van der Waals surface area contributed by atoms with Crippen LogP contribution in [0.3, 0.4) is 0 Å². The monoisotopic (exact) mass is 409 g/mol. The number of imide groups is 1. The zero-order valence-electron chi connectivity index (χ0n) is 14.7. The minimum atomic E-state index is -0.570. The lowest BCUT2D eigenvalue weighted by atomic mass is 10.1. The summed E-state index contributed by atoms with van der Waals surface area (Å²) in [5, 5.41) is 5.44. The van der Waals surface area contributed by atoms with Crippen molar-refractivity contribution in [1.82, 2.24) is 15.2 Å². The molecule has 140 valence electrons. The summed E-state index contributed by atoms with van der Waals surface area (Å²) in [7, 11) is 0. The van der Waals surface area contributed by atoms with Gasteiger partial charge in [-0.1, -0.05) is 48.0 Å². The van der Waals surface area contributed by atoms with Crippen molar-refractivity contribution in [1.29, 1.82) is 0 Å². The van der Waals surface area contributed by atoms with Crippen molar-refractivity contribution in [2.45, 2.75) is 19.0 Å². The van der Waals surface area contributed by atoms with Crippen LogP contribution in [0.1, 0.15) is 10.4 Å². The molecule has 4 aromatic rings. The van der Waals surface area contributed by atoms with Crippen LogP contribution in [0.5, 0.6) is 0 Å². The van der Waals surface area contributed by atoms with Crippen molar-refractivity contribution in [3.8, 4) is 0 Å². The smallest absolute Gasteiger partial charge is 0.325 e. The number of hydrogen-bond acceptors (Lipinski definition) is 3. The standard InChI is InChI=1S/C21H16ClN3O2S/c22-19-14-6-2-4-8-17(14)28-18(19)11-25-20(26)16(24-21(25)27)9-12-10-23-15-7-3-1-5-13(12)15/h1-8,10,16,23H,9,11H2,(H,24,27)/t16-/m0/s1. The van der Waals surface area contributed by atoms with Crippen LogP contribution in [0.25, 0.3) is 21.0 Å². The summed E-state index contributed by atoms with van der Waals surface area (Å²) in [5.74, 6) is -0.219. The van der Waals surface area contributed by atoms with E-state index in [1.54, 1.807) is 0 Å². The Morgan fingerprint density at radius 3 is 2.61 bits per heavy atom. The van der Waals surface area contributed by atoms with Crippen molar-refractivity contribution < 1.29 is 9.59 Å². The summed E-state index contributed by atoms with van der Waals surface area (Å²) in [6.07, 6.45) is 2.35. The number of aromatic nitrogens is 1. The van der Waals surface area contributed by atoms with E-state index in [2.05, 4.69) is 10.3 Å². The van der Waals surface area contributed by atoms with Gasteiger partial charge in [0, 0.05) is 38.5 Å². The number of carbonyl (C=O) groups excluding carboxylic acids is 2. The lowest BCUT2D eigenvalue weighted by Gasteiger charge is -2.12. The number of halogens is 1. The average molecular weight is 410 g/mol. The van der Waals surface area contributed by atoms with Gasteiger partial charge in [0.15, 0.2) is 0 Å². The maximum Gasteiger partial charge on any atom is 0.325 e. The maximum absolute atomic E-state index is 12.9. The second-order valence-corrected chi connectivity index (χ2v) is 8.34. The first-order chi connectivity index (χ1) is 13.6. The van der Waals surface area contributed by atoms with Gasteiger partial charge in [-0.05, 0) is 17.7 Å². The fourth-order valence-corrected chi connectivity index (χ4v) is 5.18. The second-order valence-electron chi connectivity index (χ2n) is 6.83. The molecule has 2 aromatic carbocycles. The largest absolute Gasteiger partial charge is 0.361 e. The Morgan fingerprint density at radius 1 is 1.04 bits per heavy atom. The SMILES string of the molecule is O=C1N[C@@H](Cc2c[nH]c3ccccc23)C(=O)N1Cc1sc2ccccc2c1Cl. The van der Waals surface area contributed by atoms with E-state index in [9.17, 15) is 9.59 Å². The molecule has 3 heterocycles. The molecule has 5 nitrogen and oxygen atoms in total. The number of nitrogens with one attached hydrogen (secondary N) is 2. The number of H-pyrrole nitrogens is 1. The Morgan fingerprint density at radius 2 is 1.79 bits per heavy atom. The summed E-state index contributed by atoms with van der Waals surface area (Å²) >= 11 is 8.00. The zero-order valence-corrected chi connectivity index (χ0v) is 16.3. The molecule has 1 saturated heterocycles. The van der Waals surface area contributed by atoms with E-state index in [-0.39, 0.29) is 18.5 Å². The van der Waals surface area contributed by atoms with Gasteiger partial charge in [0.05, 0.1) is 11.6 Å². The highest BCUT2D eigenvalue weighted by Gasteiger charge is 2.38. The normalized spacial score (nSPS) is 17.0. The molecule has 28 heavy (non-hydrogen) atoms. The van der Waals surface area contributed by atoms with Crippen LogP contribution in [0.4, 0.5) is 4.79 Å². The van der Waals surface area contributed by atoms with Crippen molar-refractivity contribution in [2.75, 3.05) is 0 Å². The minimum absolute atomic E-state index is 0.188. The van der Waals surface area contributed by atoms with Crippen molar-refractivity contribution in [3.63, 3.8) is 0 Å². The van der Waals surface area contributed by atoms with E-state index in [4.69, 9.17) is 11.6 Å². The van der Waals surface area contributed by atoms with Crippen molar-refractivity contribution in [3.05, 3.63) is 70.2 Å². The average Bonchev–Trinajstić information content (AvgIpc) is 3.34. The van der Waals surface area contributed by atoms with E-state index < -0.39 is 6.04 Å². The Balaban J connectivity index is 1.39. The molecule has 1 aliphatic rings. The quantitative estimate of drug-likeness (QED) is 0.480. The molecule has 0 saturated carbocycles. The fourth-order valence-electron chi connectivity index (χ4n) is 3.70.